The van der Waals surface area contributed by atoms with Crippen molar-refractivity contribution in [2.45, 2.75) is 64.5 Å². The predicted octanol–water partition coefficient (Wildman–Crippen LogP) is 3.82. The molecule has 136 valence electrons. The number of aromatic nitrogens is 1. The Morgan fingerprint density at radius 1 is 1.44 bits per heavy atom. The van der Waals surface area contributed by atoms with E-state index in [1.54, 1.807) is 11.1 Å². The number of likely N-dealkylation sites (tertiary alicyclic amines) is 1. The van der Waals surface area contributed by atoms with Crippen LogP contribution in [-0.4, -0.2) is 40.8 Å². The summed E-state index contributed by atoms with van der Waals surface area (Å²) in [6, 6.07) is 3.86. The zero-order chi connectivity index (χ0) is 18.3. The van der Waals surface area contributed by atoms with E-state index in [9.17, 15) is 4.79 Å². The Labute approximate surface area is 150 Å². The molecule has 1 fully saturated rings. The molecule has 25 heavy (non-hydrogen) atoms. The van der Waals surface area contributed by atoms with E-state index in [1.807, 2.05) is 32.9 Å². The van der Waals surface area contributed by atoms with Crippen molar-refractivity contribution < 1.29 is 14.3 Å². The van der Waals surface area contributed by atoms with Crippen LogP contribution < -0.4 is 4.74 Å². The number of hydrogen-bond acceptors (Lipinski definition) is 4. The summed E-state index contributed by atoms with van der Waals surface area (Å²) in [6.07, 6.45) is 11.3. The van der Waals surface area contributed by atoms with Gasteiger partial charge in [0.05, 0.1) is 11.7 Å². The lowest BCUT2D eigenvalue weighted by Gasteiger charge is -2.41. The van der Waals surface area contributed by atoms with E-state index >= 15 is 0 Å². The lowest BCUT2D eigenvalue weighted by atomic mass is 10.1. The molecule has 2 heterocycles. The molecule has 0 unspecified atom stereocenters. The first-order chi connectivity index (χ1) is 11.9. The van der Waals surface area contributed by atoms with Crippen molar-refractivity contribution in [2.24, 2.45) is 0 Å². The first kappa shape index (κ1) is 19.1. The van der Waals surface area contributed by atoms with Gasteiger partial charge in [0.1, 0.15) is 18.0 Å². The minimum absolute atomic E-state index is 0.0596. The molecule has 0 N–H and O–H groups in total. The maximum absolute atomic E-state index is 12.2. The second-order valence-corrected chi connectivity index (χ2v) is 7.29. The third-order valence-corrected chi connectivity index (χ3v) is 4.04. The summed E-state index contributed by atoms with van der Waals surface area (Å²) in [4.78, 5) is 18.3. The van der Waals surface area contributed by atoms with E-state index in [-0.39, 0.29) is 12.1 Å². The van der Waals surface area contributed by atoms with Crippen LogP contribution >= 0.6 is 0 Å². The van der Waals surface area contributed by atoms with Gasteiger partial charge in [0.2, 0.25) is 0 Å². The lowest BCUT2D eigenvalue weighted by Crippen LogP contribution is -2.55. The number of amides is 1. The lowest BCUT2D eigenvalue weighted by molar-refractivity contribution is -0.0142. The summed E-state index contributed by atoms with van der Waals surface area (Å²) in [7, 11) is 0. The Morgan fingerprint density at radius 3 is 2.88 bits per heavy atom. The van der Waals surface area contributed by atoms with Gasteiger partial charge in [-0.05, 0) is 58.6 Å². The van der Waals surface area contributed by atoms with E-state index in [0.29, 0.717) is 6.61 Å². The van der Waals surface area contributed by atoms with Crippen LogP contribution in [0.4, 0.5) is 4.79 Å². The summed E-state index contributed by atoms with van der Waals surface area (Å²) < 4.78 is 11.4. The Morgan fingerprint density at radius 2 is 2.24 bits per heavy atom. The highest BCUT2D eigenvalue weighted by atomic mass is 16.6. The van der Waals surface area contributed by atoms with Crippen molar-refractivity contribution in [3.8, 4) is 18.1 Å². The third-order valence-electron chi connectivity index (χ3n) is 4.04. The number of hydrogen-bond donors (Lipinski definition) is 0. The number of unbranched alkanes of at least 4 members (excludes halogenated alkanes) is 2. The molecule has 1 aromatic heterocycles. The summed E-state index contributed by atoms with van der Waals surface area (Å²) in [6.45, 7) is 6.80. The molecule has 1 amide bonds. The molecule has 0 spiro atoms. The number of ether oxygens (including phenoxy) is 2. The highest BCUT2D eigenvalue weighted by Crippen LogP contribution is 2.24. The van der Waals surface area contributed by atoms with Gasteiger partial charge < -0.3 is 14.4 Å². The van der Waals surface area contributed by atoms with Crippen LogP contribution in [-0.2, 0) is 11.2 Å². The van der Waals surface area contributed by atoms with E-state index in [0.717, 1.165) is 50.1 Å². The van der Waals surface area contributed by atoms with Crippen LogP contribution in [0.5, 0.6) is 5.75 Å². The van der Waals surface area contributed by atoms with Crippen LogP contribution in [0.1, 0.15) is 52.1 Å². The SMILES string of the molecule is C#CCCCCc1ncccc1OC[C@@H]1CCN1C(=O)OC(C)(C)C. The highest BCUT2D eigenvalue weighted by molar-refractivity contribution is 5.69. The van der Waals surface area contributed by atoms with E-state index < -0.39 is 5.60 Å². The molecule has 0 bridgehead atoms. The quantitative estimate of drug-likeness (QED) is 0.557. The van der Waals surface area contributed by atoms with Gasteiger partial charge in [-0.2, -0.15) is 0 Å². The van der Waals surface area contributed by atoms with Crippen molar-refractivity contribution in [1.29, 1.82) is 0 Å². The largest absolute Gasteiger partial charge is 0.490 e. The maximum atomic E-state index is 12.2. The van der Waals surface area contributed by atoms with Gasteiger partial charge in [-0.15, -0.1) is 12.3 Å². The molecule has 5 nitrogen and oxygen atoms in total. The number of carbonyl (C=O) groups excluding carboxylic acids is 1. The molecule has 1 atom stereocenters. The van der Waals surface area contributed by atoms with Crippen LogP contribution in [0.25, 0.3) is 0 Å². The normalized spacial score (nSPS) is 16.7. The van der Waals surface area contributed by atoms with Crippen molar-refractivity contribution >= 4 is 6.09 Å². The van der Waals surface area contributed by atoms with E-state index in [2.05, 4.69) is 10.9 Å². The van der Waals surface area contributed by atoms with E-state index in [4.69, 9.17) is 15.9 Å². The molecule has 2 rings (SSSR count). The molecule has 0 aliphatic carbocycles. The fourth-order valence-electron chi connectivity index (χ4n) is 2.62. The van der Waals surface area contributed by atoms with Crippen molar-refractivity contribution in [3.63, 3.8) is 0 Å². The summed E-state index contributed by atoms with van der Waals surface area (Å²) in [5, 5.41) is 0. The van der Waals surface area contributed by atoms with Gasteiger partial charge in [-0.25, -0.2) is 4.79 Å². The van der Waals surface area contributed by atoms with E-state index in [1.165, 1.54) is 0 Å². The second kappa shape index (κ2) is 8.75. The Kier molecular flexibility index (Phi) is 6.69. The molecular formula is C20H28N2O3. The summed E-state index contributed by atoms with van der Waals surface area (Å²) >= 11 is 0. The fraction of sp³-hybridized carbons (Fsp3) is 0.600. The number of aryl methyl sites for hydroxylation is 1. The maximum Gasteiger partial charge on any atom is 0.410 e. The molecular weight excluding hydrogens is 316 g/mol. The van der Waals surface area contributed by atoms with Gasteiger partial charge in [0.15, 0.2) is 0 Å². The monoisotopic (exact) mass is 344 g/mol. The average molecular weight is 344 g/mol. The van der Waals surface area contributed by atoms with Gasteiger partial charge in [0, 0.05) is 19.2 Å². The molecule has 5 heteroatoms. The topological polar surface area (TPSA) is 51.7 Å². The smallest absolute Gasteiger partial charge is 0.410 e. The molecule has 0 radical (unpaired) electrons. The number of carbonyl (C=O) groups is 1. The Hall–Kier alpha value is -2.22. The standard InChI is InChI=1S/C20H28N2O3/c1-5-6-7-8-10-17-18(11-9-13-21-17)24-15-16-12-14-22(16)19(23)25-20(2,3)4/h1,9,11,13,16H,6-8,10,12,14-15H2,2-4H3/t16-/m0/s1. The minimum Gasteiger partial charge on any atom is -0.490 e. The first-order valence-corrected chi connectivity index (χ1v) is 8.90. The van der Waals surface area contributed by atoms with Crippen molar-refractivity contribution in [2.75, 3.05) is 13.2 Å². The van der Waals surface area contributed by atoms with Crippen LogP contribution in [0.15, 0.2) is 18.3 Å². The van der Waals surface area contributed by atoms with Gasteiger partial charge in [-0.1, -0.05) is 0 Å². The predicted molar refractivity (Wildman–Crippen MR) is 97.5 cm³/mol. The highest BCUT2D eigenvalue weighted by Gasteiger charge is 2.35. The van der Waals surface area contributed by atoms with Crippen molar-refractivity contribution in [3.05, 3.63) is 24.0 Å². The Bertz CT molecular complexity index is 616. The van der Waals surface area contributed by atoms with Gasteiger partial charge in [-0.3, -0.25) is 4.98 Å². The zero-order valence-corrected chi connectivity index (χ0v) is 15.5. The average Bonchev–Trinajstić information content (AvgIpc) is 2.50. The minimum atomic E-state index is -0.479. The number of rotatable bonds is 7. The molecule has 1 aliphatic rings. The number of pyridine rings is 1. The summed E-state index contributed by atoms with van der Waals surface area (Å²) in [5.74, 6) is 3.45. The molecule has 0 aromatic carbocycles. The van der Waals surface area contributed by atoms with Crippen LogP contribution in [0.2, 0.25) is 0 Å². The van der Waals surface area contributed by atoms with Crippen LogP contribution in [0.3, 0.4) is 0 Å². The number of nitrogens with zero attached hydrogens (tertiary/aromatic N) is 2. The summed E-state index contributed by atoms with van der Waals surface area (Å²) in [5.41, 5.74) is 0.468. The Balaban J connectivity index is 1.85. The fourth-order valence-corrected chi connectivity index (χ4v) is 2.62. The molecule has 1 aliphatic heterocycles. The van der Waals surface area contributed by atoms with Crippen molar-refractivity contribution in [1.82, 2.24) is 9.88 Å². The molecule has 0 saturated carbocycles. The van der Waals surface area contributed by atoms with Crippen LogP contribution in [0, 0.1) is 12.3 Å². The molecule has 1 aromatic rings. The molecule has 1 saturated heterocycles. The zero-order valence-electron chi connectivity index (χ0n) is 15.5. The van der Waals surface area contributed by atoms with Gasteiger partial charge >= 0.3 is 6.09 Å². The first-order valence-electron chi connectivity index (χ1n) is 8.90. The van der Waals surface area contributed by atoms with Gasteiger partial charge in [0.25, 0.3) is 0 Å². The third kappa shape index (κ3) is 5.97. The second-order valence-electron chi connectivity index (χ2n) is 7.29. The number of terminal acetylenes is 1.